The van der Waals surface area contributed by atoms with E-state index in [1.54, 1.807) is 6.07 Å². The zero-order valence-corrected chi connectivity index (χ0v) is 13.4. The van der Waals surface area contributed by atoms with Crippen molar-refractivity contribution in [2.24, 2.45) is 0 Å². The van der Waals surface area contributed by atoms with Crippen molar-refractivity contribution in [1.29, 1.82) is 0 Å². The van der Waals surface area contributed by atoms with Crippen molar-refractivity contribution in [2.45, 2.75) is 13.5 Å². The second-order valence-corrected chi connectivity index (χ2v) is 5.28. The highest BCUT2D eigenvalue weighted by Gasteiger charge is 2.12. The molecule has 0 atom stereocenters. The molecule has 0 bridgehead atoms. The van der Waals surface area contributed by atoms with Crippen LogP contribution in [-0.2, 0) is 16.1 Å². The van der Waals surface area contributed by atoms with Crippen molar-refractivity contribution in [3.8, 4) is 17.1 Å². The Morgan fingerprint density at radius 2 is 2.00 bits per heavy atom. The van der Waals surface area contributed by atoms with Crippen LogP contribution in [0.3, 0.4) is 0 Å². The van der Waals surface area contributed by atoms with E-state index in [1.807, 2.05) is 25.1 Å². The average molecular weight is 342 g/mol. The minimum absolute atomic E-state index is 0.142. The lowest BCUT2D eigenvalue weighted by Gasteiger charge is -2.06. The van der Waals surface area contributed by atoms with Gasteiger partial charge in [-0.2, -0.15) is 4.98 Å². The van der Waals surface area contributed by atoms with Crippen LogP contribution in [-0.4, -0.2) is 22.7 Å². The third-order valence-corrected chi connectivity index (χ3v) is 3.27. The van der Waals surface area contributed by atoms with Crippen molar-refractivity contribution < 1.29 is 23.2 Å². The summed E-state index contributed by atoms with van der Waals surface area (Å²) in [4.78, 5) is 15.8. The number of rotatable bonds is 6. The molecule has 0 unspecified atom stereocenters. The van der Waals surface area contributed by atoms with Gasteiger partial charge >= 0.3 is 5.97 Å². The largest absolute Gasteiger partial charge is 0.482 e. The van der Waals surface area contributed by atoms with Crippen LogP contribution < -0.4 is 4.74 Å². The van der Waals surface area contributed by atoms with Gasteiger partial charge < -0.3 is 14.0 Å². The number of ether oxygens (including phenoxy) is 2. The van der Waals surface area contributed by atoms with Gasteiger partial charge in [-0.25, -0.2) is 9.18 Å². The lowest BCUT2D eigenvalue weighted by Crippen LogP contribution is -2.14. The molecular weight excluding hydrogens is 327 g/mol. The molecule has 128 valence electrons. The fourth-order valence-corrected chi connectivity index (χ4v) is 2.06. The van der Waals surface area contributed by atoms with E-state index in [9.17, 15) is 9.18 Å². The Labute approximate surface area is 143 Å². The molecule has 2 aromatic carbocycles. The van der Waals surface area contributed by atoms with Gasteiger partial charge in [0.25, 0.3) is 5.89 Å². The summed E-state index contributed by atoms with van der Waals surface area (Å²) in [5, 5.41) is 3.77. The molecule has 6 nitrogen and oxygen atoms in total. The van der Waals surface area contributed by atoms with Gasteiger partial charge in [-0.1, -0.05) is 17.3 Å². The quantitative estimate of drug-likeness (QED) is 0.640. The smallest absolute Gasteiger partial charge is 0.344 e. The summed E-state index contributed by atoms with van der Waals surface area (Å²) in [7, 11) is 0. The molecule has 1 heterocycles. The highest BCUT2D eigenvalue weighted by molar-refractivity contribution is 5.71. The number of carbonyl (C=O) groups is 1. The second kappa shape index (κ2) is 7.57. The molecule has 0 saturated carbocycles. The van der Waals surface area contributed by atoms with E-state index < -0.39 is 5.97 Å². The van der Waals surface area contributed by atoms with E-state index in [0.717, 1.165) is 5.56 Å². The number of nitrogens with zero attached hydrogens (tertiary/aromatic N) is 2. The van der Waals surface area contributed by atoms with Crippen molar-refractivity contribution >= 4 is 5.97 Å². The normalized spacial score (nSPS) is 10.5. The third-order valence-electron chi connectivity index (χ3n) is 3.27. The zero-order chi connectivity index (χ0) is 17.6. The summed E-state index contributed by atoms with van der Waals surface area (Å²) in [5.41, 5.74) is 1.63. The van der Waals surface area contributed by atoms with Gasteiger partial charge in [0, 0.05) is 5.56 Å². The first-order valence-corrected chi connectivity index (χ1v) is 7.54. The fraction of sp³-hybridized carbons (Fsp3) is 0.167. The first-order valence-electron chi connectivity index (χ1n) is 7.54. The summed E-state index contributed by atoms with van der Waals surface area (Å²) in [6, 6.07) is 13.0. The molecule has 0 aliphatic carbocycles. The zero-order valence-electron chi connectivity index (χ0n) is 13.4. The van der Waals surface area contributed by atoms with Gasteiger partial charge in [-0.05, 0) is 48.9 Å². The first kappa shape index (κ1) is 16.6. The highest BCUT2D eigenvalue weighted by Crippen LogP contribution is 2.16. The third kappa shape index (κ3) is 4.63. The number of aromatic nitrogens is 2. The number of aryl methyl sites for hydroxylation is 1. The molecule has 0 aliphatic heterocycles. The highest BCUT2D eigenvalue weighted by atomic mass is 19.1. The Balaban J connectivity index is 1.50. The predicted octanol–water partition coefficient (Wildman–Crippen LogP) is 3.31. The Morgan fingerprint density at radius 3 is 2.76 bits per heavy atom. The molecule has 0 amide bonds. The Morgan fingerprint density at radius 1 is 1.20 bits per heavy atom. The summed E-state index contributed by atoms with van der Waals surface area (Å²) in [5.74, 6) is 0.122. The second-order valence-electron chi connectivity index (χ2n) is 5.28. The van der Waals surface area contributed by atoms with Crippen LogP contribution in [0.2, 0.25) is 0 Å². The molecule has 0 aliphatic rings. The van der Waals surface area contributed by atoms with Crippen LogP contribution in [0.1, 0.15) is 11.5 Å². The Hall–Kier alpha value is -3.22. The molecule has 3 aromatic rings. The summed E-state index contributed by atoms with van der Waals surface area (Å²) in [6.45, 7) is 1.55. The SMILES string of the molecule is Cc1cccc(OCC(=O)OCc2nc(-c3ccc(F)cc3)no2)c1. The number of benzene rings is 2. The lowest BCUT2D eigenvalue weighted by atomic mass is 10.2. The van der Waals surface area contributed by atoms with E-state index in [1.165, 1.54) is 24.3 Å². The maximum atomic E-state index is 12.9. The number of carbonyl (C=O) groups excluding carboxylic acids is 1. The van der Waals surface area contributed by atoms with Crippen LogP contribution in [0.25, 0.3) is 11.4 Å². The predicted molar refractivity (Wildman–Crippen MR) is 86.2 cm³/mol. The number of hydrogen-bond donors (Lipinski definition) is 0. The molecular formula is C18H15FN2O4. The number of esters is 1. The minimum Gasteiger partial charge on any atom is -0.482 e. The van der Waals surface area contributed by atoms with E-state index in [-0.39, 0.29) is 24.9 Å². The van der Waals surface area contributed by atoms with Crippen molar-refractivity contribution in [2.75, 3.05) is 6.61 Å². The summed E-state index contributed by atoms with van der Waals surface area (Å²) >= 11 is 0. The van der Waals surface area contributed by atoms with Crippen LogP contribution in [0.4, 0.5) is 4.39 Å². The molecule has 25 heavy (non-hydrogen) atoms. The molecule has 0 N–H and O–H groups in total. The molecule has 0 fully saturated rings. The molecule has 1 aromatic heterocycles. The van der Waals surface area contributed by atoms with Crippen molar-refractivity contribution in [3.05, 3.63) is 65.8 Å². The summed E-state index contributed by atoms with van der Waals surface area (Å²) in [6.07, 6.45) is 0. The van der Waals surface area contributed by atoms with Crippen molar-refractivity contribution in [1.82, 2.24) is 10.1 Å². The molecule has 3 rings (SSSR count). The first-order chi connectivity index (χ1) is 12.1. The molecule has 0 spiro atoms. The number of hydrogen-bond acceptors (Lipinski definition) is 6. The molecule has 0 saturated heterocycles. The van der Waals surface area contributed by atoms with Crippen LogP contribution >= 0.6 is 0 Å². The molecule has 7 heteroatoms. The summed E-state index contributed by atoms with van der Waals surface area (Å²) < 4.78 is 28.3. The standard InChI is InChI=1S/C18H15FN2O4/c1-12-3-2-4-15(9-12)23-11-17(22)24-10-16-20-18(21-25-16)13-5-7-14(19)8-6-13/h2-9H,10-11H2,1H3. The Bertz CT molecular complexity index is 862. The monoisotopic (exact) mass is 342 g/mol. The van der Waals surface area contributed by atoms with E-state index >= 15 is 0 Å². The van der Waals surface area contributed by atoms with E-state index in [0.29, 0.717) is 17.1 Å². The van der Waals surface area contributed by atoms with Gasteiger partial charge in [0.2, 0.25) is 5.82 Å². The lowest BCUT2D eigenvalue weighted by molar-refractivity contribution is -0.148. The van der Waals surface area contributed by atoms with Crippen LogP contribution in [0, 0.1) is 12.7 Å². The Kier molecular flexibility index (Phi) is 5.03. The fourth-order valence-electron chi connectivity index (χ4n) is 2.06. The van der Waals surface area contributed by atoms with Crippen LogP contribution in [0.15, 0.2) is 53.1 Å². The van der Waals surface area contributed by atoms with Gasteiger partial charge in [-0.15, -0.1) is 0 Å². The number of halogens is 1. The van der Waals surface area contributed by atoms with E-state index in [4.69, 9.17) is 14.0 Å². The molecule has 0 radical (unpaired) electrons. The van der Waals surface area contributed by atoms with Gasteiger partial charge in [0.15, 0.2) is 13.2 Å². The maximum Gasteiger partial charge on any atom is 0.344 e. The van der Waals surface area contributed by atoms with E-state index in [2.05, 4.69) is 10.1 Å². The minimum atomic E-state index is -0.553. The topological polar surface area (TPSA) is 74.5 Å². The van der Waals surface area contributed by atoms with Crippen molar-refractivity contribution in [3.63, 3.8) is 0 Å². The average Bonchev–Trinajstić information content (AvgIpc) is 3.08. The van der Waals surface area contributed by atoms with Gasteiger partial charge in [-0.3, -0.25) is 0 Å². The maximum absolute atomic E-state index is 12.9. The van der Waals surface area contributed by atoms with Gasteiger partial charge in [0.05, 0.1) is 0 Å². The van der Waals surface area contributed by atoms with Gasteiger partial charge in [0.1, 0.15) is 11.6 Å². The van der Waals surface area contributed by atoms with Crippen LogP contribution in [0.5, 0.6) is 5.75 Å².